The van der Waals surface area contributed by atoms with Gasteiger partial charge in [0.1, 0.15) is 0 Å². The van der Waals surface area contributed by atoms with Gasteiger partial charge in [-0.3, -0.25) is 4.79 Å². The van der Waals surface area contributed by atoms with E-state index >= 15 is 0 Å². The predicted octanol–water partition coefficient (Wildman–Crippen LogP) is 3.77. The predicted molar refractivity (Wildman–Crippen MR) is 98.7 cm³/mol. The molecule has 7 heteroatoms. The highest BCUT2D eigenvalue weighted by molar-refractivity contribution is 7.99. The minimum atomic E-state index is -0.207. The summed E-state index contributed by atoms with van der Waals surface area (Å²) in [5, 5.41) is 5.27. The summed E-state index contributed by atoms with van der Waals surface area (Å²) in [6.45, 7) is 1.94. The van der Waals surface area contributed by atoms with Gasteiger partial charge in [-0.1, -0.05) is 47.6 Å². The molecule has 0 atom stereocenters. The Morgan fingerprint density at radius 3 is 2.96 bits per heavy atom. The lowest BCUT2D eigenvalue weighted by Crippen LogP contribution is -2.19. The second-order valence-corrected chi connectivity index (χ2v) is 6.48. The number of hydrogen-bond acceptors (Lipinski definition) is 4. The molecule has 0 saturated carbocycles. The van der Waals surface area contributed by atoms with Crippen LogP contribution in [0.1, 0.15) is 11.1 Å². The minimum absolute atomic E-state index is 0.207. The third kappa shape index (κ3) is 3.96. The van der Waals surface area contributed by atoms with Crippen molar-refractivity contribution < 1.29 is 4.79 Å². The number of para-hydroxylation sites is 2. The number of hydrazone groups is 1. The van der Waals surface area contributed by atoms with E-state index in [0.717, 1.165) is 22.2 Å². The fraction of sp³-hybridized carbons (Fsp3) is 0.118. The summed E-state index contributed by atoms with van der Waals surface area (Å²) in [5.41, 5.74) is 6.13. The van der Waals surface area contributed by atoms with Gasteiger partial charge >= 0.3 is 0 Å². The Morgan fingerprint density at radius 2 is 2.17 bits per heavy atom. The van der Waals surface area contributed by atoms with E-state index in [0.29, 0.717) is 10.2 Å². The number of benzene rings is 2. The Morgan fingerprint density at radius 1 is 1.33 bits per heavy atom. The van der Waals surface area contributed by atoms with Gasteiger partial charge in [-0.05, 0) is 30.7 Å². The van der Waals surface area contributed by atoms with Crippen LogP contribution in [0.2, 0.25) is 5.02 Å². The van der Waals surface area contributed by atoms with Gasteiger partial charge in [0, 0.05) is 10.6 Å². The molecule has 0 fully saturated rings. The van der Waals surface area contributed by atoms with Gasteiger partial charge in [0.15, 0.2) is 5.16 Å². The molecule has 2 aromatic carbocycles. The molecule has 1 amide bonds. The van der Waals surface area contributed by atoms with Crippen LogP contribution < -0.4 is 5.43 Å². The lowest BCUT2D eigenvalue weighted by Gasteiger charge is -2.02. The van der Waals surface area contributed by atoms with Crippen LogP contribution in [-0.2, 0) is 4.79 Å². The lowest BCUT2D eigenvalue weighted by atomic mass is 10.1. The second kappa shape index (κ2) is 7.51. The lowest BCUT2D eigenvalue weighted by molar-refractivity contribution is -0.118. The molecule has 5 nitrogen and oxygen atoms in total. The van der Waals surface area contributed by atoms with E-state index in [1.807, 2.05) is 43.3 Å². The number of carbonyl (C=O) groups excluding carboxylic acids is 1. The number of imidazole rings is 1. The van der Waals surface area contributed by atoms with Crippen LogP contribution in [0.25, 0.3) is 11.0 Å². The van der Waals surface area contributed by atoms with Crippen molar-refractivity contribution in [3.05, 3.63) is 58.6 Å². The van der Waals surface area contributed by atoms with Gasteiger partial charge in [-0.2, -0.15) is 5.10 Å². The number of carbonyl (C=O) groups is 1. The Labute approximate surface area is 148 Å². The van der Waals surface area contributed by atoms with Crippen molar-refractivity contribution in [3.63, 3.8) is 0 Å². The maximum absolute atomic E-state index is 11.9. The van der Waals surface area contributed by atoms with Gasteiger partial charge in [0.05, 0.1) is 23.0 Å². The van der Waals surface area contributed by atoms with Gasteiger partial charge in [0.25, 0.3) is 5.91 Å². The molecule has 2 N–H and O–H groups in total. The monoisotopic (exact) mass is 358 g/mol. The number of thioether (sulfide) groups is 1. The zero-order valence-electron chi connectivity index (χ0n) is 12.9. The summed E-state index contributed by atoms with van der Waals surface area (Å²) in [6.07, 6.45) is 1.56. The van der Waals surface area contributed by atoms with Gasteiger partial charge in [-0.25, -0.2) is 10.4 Å². The van der Waals surface area contributed by atoms with E-state index in [9.17, 15) is 4.79 Å². The first-order chi connectivity index (χ1) is 11.6. The van der Waals surface area contributed by atoms with Crippen molar-refractivity contribution in [2.24, 2.45) is 5.10 Å². The fourth-order valence-corrected chi connectivity index (χ4v) is 3.09. The molecule has 1 aromatic heterocycles. The van der Waals surface area contributed by atoms with Gasteiger partial charge in [0.2, 0.25) is 0 Å². The summed E-state index contributed by atoms with van der Waals surface area (Å²) in [6, 6.07) is 13.3. The minimum Gasteiger partial charge on any atom is -0.333 e. The van der Waals surface area contributed by atoms with E-state index in [4.69, 9.17) is 11.6 Å². The first-order valence-electron chi connectivity index (χ1n) is 7.28. The van der Waals surface area contributed by atoms with E-state index in [1.165, 1.54) is 11.8 Å². The molecule has 3 aromatic rings. The first-order valence-corrected chi connectivity index (χ1v) is 8.64. The Hall–Kier alpha value is -2.31. The number of aryl methyl sites for hydroxylation is 1. The van der Waals surface area contributed by atoms with Crippen molar-refractivity contribution in [2.75, 3.05) is 5.75 Å². The molecule has 0 spiro atoms. The number of nitrogens with one attached hydrogen (secondary N) is 2. The molecule has 0 radical (unpaired) electrons. The van der Waals surface area contributed by atoms with E-state index in [-0.39, 0.29) is 11.7 Å². The zero-order valence-corrected chi connectivity index (χ0v) is 14.5. The highest BCUT2D eigenvalue weighted by Crippen LogP contribution is 2.19. The van der Waals surface area contributed by atoms with Crippen molar-refractivity contribution >= 4 is 46.5 Å². The number of hydrogen-bond donors (Lipinski definition) is 2. The number of H-pyrrole nitrogens is 1. The number of aromatic nitrogens is 2. The third-order valence-electron chi connectivity index (χ3n) is 3.36. The van der Waals surface area contributed by atoms with Crippen molar-refractivity contribution in [1.29, 1.82) is 0 Å². The molecule has 0 aliphatic carbocycles. The Balaban J connectivity index is 1.55. The van der Waals surface area contributed by atoms with Gasteiger partial charge in [-0.15, -0.1) is 0 Å². The Bertz CT molecular complexity index is 853. The molecule has 0 saturated heterocycles. The molecular weight excluding hydrogens is 344 g/mol. The van der Waals surface area contributed by atoms with Crippen LogP contribution in [-0.4, -0.2) is 27.8 Å². The number of rotatable bonds is 5. The Kier molecular flexibility index (Phi) is 5.17. The molecule has 0 aliphatic rings. The number of amides is 1. The van der Waals surface area contributed by atoms with Crippen LogP contribution >= 0.6 is 23.4 Å². The maximum Gasteiger partial charge on any atom is 0.250 e. The number of aromatic amines is 1. The van der Waals surface area contributed by atoms with Crippen LogP contribution in [0, 0.1) is 6.92 Å². The molecular formula is C17H15ClN4OS. The average molecular weight is 359 g/mol. The molecule has 122 valence electrons. The zero-order chi connectivity index (χ0) is 16.9. The molecule has 24 heavy (non-hydrogen) atoms. The van der Waals surface area contributed by atoms with Crippen LogP contribution in [0.3, 0.4) is 0 Å². The molecule has 0 unspecified atom stereocenters. The van der Waals surface area contributed by atoms with Crippen molar-refractivity contribution in [1.82, 2.24) is 15.4 Å². The maximum atomic E-state index is 11.9. The van der Waals surface area contributed by atoms with Gasteiger partial charge < -0.3 is 4.98 Å². The molecule has 3 rings (SSSR count). The second-order valence-electron chi connectivity index (χ2n) is 5.11. The largest absolute Gasteiger partial charge is 0.333 e. The highest BCUT2D eigenvalue weighted by atomic mass is 35.5. The van der Waals surface area contributed by atoms with E-state index in [1.54, 1.807) is 12.3 Å². The summed E-state index contributed by atoms with van der Waals surface area (Å²) >= 11 is 7.43. The van der Waals surface area contributed by atoms with Crippen LogP contribution in [0.4, 0.5) is 0 Å². The standard InChI is InChI=1S/C17H15ClN4OS/c1-11-5-4-6-13(18)12(11)9-19-22-16(23)10-24-17-20-14-7-2-3-8-15(14)21-17/h2-9H,10H2,1H3,(H,20,21)(H,22,23)/b19-9+. The summed E-state index contributed by atoms with van der Waals surface area (Å²) < 4.78 is 0. The van der Waals surface area contributed by atoms with Crippen molar-refractivity contribution in [3.8, 4) is 0 Å². The number of nitrogens with zero attached hydrogens (tertiary/aromatic N) is 2. The quantitative estimate of drug-likeness (QED) is 0.414. The molecule has 0 aliphatic heterocycles. The summed E-state index contributed by atoms with van der Waals surface area (Å²) in [7, 11) is 0. The first kappa shape index (κ1) is 16.5. The normalized spacial score (nSPS) is 11.2. The topological polar surface area (TPSA) is 70.1 Å². The van der Waals surface area contributed by atoms with Crippen LogP contribution in [0.5, 0.6) is 0 Å². The fourth-order valence-electron chi connectivity index (χ4n) is 2.14. The average Bonchev–Trinajstić information content (AvgIpc) is 2.98. The summed E-state index contributed by atoms with van der Waals surface area (Å²) in [5.74, 6) is 0.0139. The molecule has 0 bridgehead atoms. The van der Waals surface area contributed by atoms with Crippen LogP contribution in [0.15, 0.2) is 52.7 Å². The highest BCUT2D eigenvalue weighted by Gasteiger charge is 2.06. The van der Waals surface area contributed by atoms with E-state index < -0.39 is 0 Å². The SMILES string of the molecule is Cc1cccc(Cl)c1/C=N/NC(=O)CSc1nc2ccccc2[nH]1. The number of halogens is 1. The van der Waals surface area contributed by atoms with E-state index in [2.05, 4.69) is 20.5 Å². The molecule has 1 heterocycles. The third-order valence-corrected chi connectivity index (χ3v) is 4.56. The number of fused-ring (bicyclic) bond motifs is 1. The smallest absolute Gasteiger partial charge is 0.250 e. The summed E-state index contributed by atoms with van der Waals surface area (Å²) in [4.78, 5) is 19.4. The van der Waals surface area contributed by atoms with Crippen molar-refractivity contribution in [2.45, 2.75) is 12.1 Å².